The molecule has 0 aromatic heterocycles. The Hall–Kier alpha value is -2.58. The molecular formula is C20H22N2O5S. The summed E-state index contributed by atoms with van der Waals surface area (Å²) in [4.78, 5) is 14.8. The highest BCUT2D eigenvalue weighted by molar-refractivity contribution is 7.89. The van der Waals surface area contributed by atoms with Gasteiger partial charge in [0.05, 0.1) is 4.90 Å². The highest BCUT2D eigenvalue weighted by Crippen LogP contribution is 2.31. The van der Waals surface area contributed by atoms with Crippen LogP contribution in [0.4, 0.5) is 0 Å². The lowest BCUT2D eigenvalue weighted by Crippen LogP contribution is -2.50. The van der Waals surface area contributed by atoms with E-state index in [9.17, 15) is 13.2 Å². The SMILES string of the molecule is Cc1ccc(S(=O)(=O)N2CCN(C(=O)c3ccc4c(c3)OCCO4)CC2)cc1. The number of nitrogens with zero attached hydrogens (tertiary/aromatic N) is 2. The molecule has 2 aliphatic heterocycles. The van der Waals surface area contributed by atoms with E-state index in [4.69, 9.17) is 9.47 Å². The molecule has 1 amide bonds. The van der Waals surface area contributed by atoms with Gasteiger partial charge in [-0.3, -0.25) is 4.79 Å². The lowest BCUT2D eigenvalue weighted by atomic mass is 10.1. The van der Waals surface area contributed by atoms with Gasteiger partial charge in [0.1, 0.15) is 13.2 Å². The molecule has 148 valence electrons. The van der Waals surface area contributed by atoms with Gasteiger partial charge in [0.25, 0.3) is 5.91 Å². The Morgan fingerprint density at radius 2 is 1.54 bits per heavy atom. The molecular weight excluding hydrogens is 380 g/mol. The van der Waals surface area contributed by atoms with Crippen LogP contribution in [0.2, 0.25) is 0 Å². The van der Waals surface area contributed by atoms with Crippen LogP contribution < -0.4 is 9.47 Å². The van der Waals surface area contributed by atoms with Crippen molar-refractivity contribution in [3.63, 3.8) is 0 Å². The van der Waals surface area contributed by atoms with Gasteiger partial charge in [-0.05, 0) is 37.3 Å². The number of carbonyl (C=O) groups is 1. The maximum absolute atomic E-state index is 12.8. The highest BCUT2D eigenvalue weighted by Gasteiger charge is 2.30. The molecule has 2 aromatic carbocycles. The van der Waals surface area contributed by atoms with Crippen LogP contribution in [0.25, 0.3) is 0 Å². The van der Waals surface area contributed by atoms with E-state index in [0.29, 0.717) is 43.4 Å². The fourth-order valence-electron chi connectivity index (χ4n) is 3.35. The Labute approximate surface area is 164 Å². The van der Waals surface area contributed by atoms with Crippen LogP contribution in [0.15, 0.2) is 47.4 Å². The number of amides is 1. The van der Waals surface area contributed by atoms with Crippen molar-refractivity contribution < 1.29 is 22.7 Å². The van der Waals surface area contributed by atoms with Crippen LogP contribution in [0.5, 0.6) is 11.5 Å². The minimum atomic E-state index is -3.55. The van der Waals surface area contributed by atoms with Crippen LogP contribution in [0, 0.1) is 6.92 Å². The Kier molecular flexibility index (Phi) is 4.99. The molecule has 0 aliphatic carbocycles. The highest BCUT2D eigenvalue weighted by atomic mass is 32.2. The van der Waals surface area contributed by atoms with Crippen LogP contribution in [0.3, 0.4) is 0 Å². The summed E-state index contributed by atoms with van der Waals surface area (Å²) in [6.45, 7) is 4.10. The molecule has 2 heterocycles. The van der Waals surface area contributed by atoms with Crippen molar-refractivity contribution in [1.29, 1.82) is 0 Å². The third-order valence-electron chi connectivity index (χ3n) is 4.97. The van der Waals surface area contributed by atoms with Crippen molar-refractivity contribution in [2.45, 2.75) is 11.8 Å². The third kappa shape index (κ3) is 3.57. The van der Waals surface area contributed by atoms with E-state index in [1.54, 1.807) is 47.4 Å². The molecule has 2 aromatic rings. The summed E-state index contributed by atoms with van der Waals surface area (Å²) >= 11 is 0. The molecule has 1 saturated heterocycles. The van der Waals surface area contributed by atoms with Gasteiger partial charge >= 0.3 is 0 Å². The summed E-state index contributed by atoms with van der Waals surface area (Å²) in [5, 5.41) is 0. The van der Waals surface area contributed by atoms with Gasteiger partial charge in [-0.1, -0.05) is 17.7 Å². The van der Waals surface area contributed by atoms with E-state index in [1.807, 2.05) is 6.92 Å². The molecule has 0 spiro atoms. The number of ether oxygens (including phenoxy) is 2. The van der Waals surface area contributed by atoms with Gasteiger partial charge in [0.2, 0.25) is 10.0 Å². The topological polar surface area (TPSA) is 76.2 Å². The summed E-state index contributed by atoms with van der Waals surface area (Å²) in [5.41, 5.74) is 1.52. The first-order valence-corrected chi connectivity index (χ1v) is 10.6. The average Bonchev–Trinajstić information content (AvgIpc) is 2.73. The fraction of sp³-hybridized carbons (Fsp3) is 0.350. The summed E-state index contributed by atoms with van der Waals surface area (Å²) in [7, 11) is -3.55. The Morgan fingerprint density at radius 3 is 2.21 bits per heavy atom. The van der Waals surface area contributed by atoms with Gasteiger partial charge < -0.3 is 14.4 Å². The van der Waals surface area contributed by atoms with E-state index in [2.05, 4.69) is 0 Å². The summed E-state index contributed by atoms with van der Waals surface area (Å²) in [6.07, 6.45) is 0. The maximum Gasteiger partial charge on any atom is 0.254 e. The number of piperazine rings is 1. The number of hydrogen-bond donors (Lipinski definition) is 0. The predicted molar refractivity (Wildman–Crippen MR) is 103 cm³/mol. The minimum absolute atomic E-state index is 0.135. The number of benzene rings is 2. The Morgan fingerprint density at radius 1 is 0.893 bits per heavy atom. The number of hydrogen-bond acceptors (Lipinski definition) is 5. The van der Waals surface area contributed by atoms with Crippen molar-refractivity contribution in [2.75, 3.05) is 39.4 Å². The zero-order valence-corrected chi connectivity index (χ0v) is 16.4. The number of sulfonamides is 1. The summed E-state index contributed by atoms with van der Waals surface area (Å²) in [5.74, 6) is 1.07. The second kappa shape index (κ2) is 7.44. The number of aryl methyl sites for hydroxylation is 1. The van der Waals surface area contributed by atoms with Gasteiger partial charge in [0, 0.05) is 31.7 Å². The minimum Gasteiger partial charge on any atom is -0.486 e. The molecule has 0 unspecified atom stereocenters. The monoisotopic (exact) mass is 402 g/mol. The molecule has 8 heteroatoms. The van der Waals surface area contributed by atoms with E-state index in [1.165, 1.54) is 4.31 Å². The predicted octanol–water partition coefficient (Wildman–Crippen LogP) is 1.91. The molecule has 1 fully saturated rings. The quantitative estimate of drug-likeness (QED) is 0.784. The first-order valence-electron chi connectivity index (χ1n) is 9.21. The third-order valence-corrected chi connectivity index (χ3v) is 6.89. The smallest absolute Gasteiger partial charge is 0.254 e. The largest absolute Gasteiger partial charge is 0.486 e. The van der Waals surface area contributed by atoms with E-state index in [-0.39, 0.29) is 23.9 Å². The van der Waals surface area contributed by atoms with Crippen molar-refractivity contribution in [2.24, 2.45) is 0 Å². The van der Waals surface area contributed by atoms with Crippen molar-refractivity contribution >= 4 is 15.9 Å². The van der Waals surface area contributed by atoms with Gasteiger partial charge in [-0.2, -0.15) is 4.31 Å². The van der Waals surface area contributed by atoms with E-state index < -0.39 is 10.0 Å². The molecule has 7 nitrogen and oxygen atoms in total. The van der Waals surface area contributed by atoms with Crippen LogP contribution >= 0.6 is 0 Å². The number of fused-ring (bicyclic) bond motifs is 1. The van der Waals surface area contributed by atoms with Crippen LogP contribution in [-0.2, 0) is 10.0 Å². The van der Waals surface area contributed by atoms with Crippen LogP contribution in [-0.4, -0.2) is 62.9 Å². The van der Waals surface area contributed by atoms with Crippen molar-refractivity contribution in [1.82, 2.24) is 9.21 Å². The standard InChI is InChI=1S/C20H22N2O5S/c1-15-2-5-17(6-3-15)28(24,25)22-10-8-21(9-11-22)20(23)16-4-7-18-19(14-16)27-13-12-26-18/h2-7,14H,8-13H2,1H3. The van der Waals surface area contributed by atoms with Crippen LogP contribution in [0.1, 0.15) is 15.9 Å². The molecule has 2 aliphatic rings. The van der Waals surface area contributed by atoms with Crippen molar-refractivity contribution in [3.05, 3.63) is 53.6 Å². The van der Waals surface area contributed by atoms with Gasteiger partial charge in [-0.25, -0.2) is 8.42 Å². The molecule has 0 saturated carbocycles. The first kappa shape index (κ1) is 18.8. The molecule has 0 radical (unpaired) electrons. The Balaban J connectivity index is 1.44. The second-order valence-electron chi connectivity index (χ2n) is 6.87. The molecule has 0 atom stereocenters. The summed E-state index contributed by atoms with van der Waals surface area (Å²) < 4.78 is 38.0. The molecule has 0 N–H and O–H groups in total. The summed E-state index contributed by atoms with van der Waals surface area (Å²) in [6, 6.07) is 12.0. The maximum atomic E-state index is 12.8. The number of rotatable bonds is 3. The molecule has 0 bridgehead atoms. The zero-order chi connectivity index (χ0) is 19.7. The van der Waals surface area contributed by atoms with E-state index in [0.717, 1.165) is 5.56 Å². The van der Waals surface area contributed by atoms with Gasteiger partial charge in [0.15, 0.2) is 11.5 Å². The van der Waals surface area contributed by atoms with E-state index >= 15 is 0 Å². The normalized spacial score (nSPS) is 17.4. The fourth-order valence-corrected chi connectivity index (χ4v) is 4.77. The Bertz CT molecular complexity index is 980. The first-order chi connectivity index (χ1) is 13.4. The molecule has 4 rings (SSSR count). The lowest BCUT2D eigenvalue weighted by Gasteiger charge is -2.34. The average molecular weight is 402 g/mol. The lowest BCUT2D eigenvalue weighted by molar-refractivity contribution is 0.0697. The number of carbonyl (C=O) groups excluding carboxylic acids is 1. The molecule has 28 heavy (non-hydrogen) atoms. The second-order valence-corrected chi connectivity index (χ2v) is 8.81. The zero-order valence-electron chi connectivity index (χ0n) is 15.6. The van der Waals surface area contributed by atoms with Gasteiger partial charge in [-0.15, -0.1) is 0 Å². The van der Waals surface area contributed by atoms with Crippen molar-refractivity contribution in [3.8, 4) is 11.5 Å².